The zero-order chi connectivity index (χ0) is 13.2. The van der Waals surface area contributed by atoms with Crippen molar-refractivity contribution in [2.75, 3.05) is 0 Å². The van der Waals surface area contributed by atoms with Crippen molar-refractivity contribution in [3.63, 3.8) is 0 Å². The first-order valence-corrected chi connectivity index (χ1v) is 7.51. The molecule has 1 aromatic heterocycles. The van der Waals surface area contributed by atoms with E-state index in [0.717, 1.165) is 19.6 Å². The molecular weight excluding hydrogens is 254 g/mol. The lowest BCUT2D eigenvalue weighted by molar-refractivity contribution is 0.571. The van der Waals surface area contributed by atoms with Crippen LogP contribution in [0.4, 0.5) is 0 Å². The molecule has 0 amide bonds. The van der Waals surface area contributed by atoms with E-state index in [1.165, 1.54) is 26.6 Å². The van der Waals surface area contributed by atoms with Crippen LogP contribution in [0.5, 0.6) is 0 Å². The van der Waals surface area contributed by atoms with Crippen LogP contribution >= 0.6 is 11.3 Å². The van der Waals surface area contributed by atoms with Crippen molar-refractivity contribution >= 4 is 11.3 Å². The molecule has 1 aliphatic rings. The fourth-order valence-corrected chi connectivity index (χ4v) is 3.19. The molecule has 1 aromatic carbocycles. The molecule has 0 saturated heterocycles. The molecule has 0 spiro atoms. The summed E-state index contributed by atoms with van der Waals surface area (Å²) in [6.07, 6.45) is 1.94. The summed E-state index contributed by atoms with van der Waals surface area (Å²) in [7, 11) is 0. The number of aryl methyl sites for hydroxylation is 1. The molecule has 2 N–H and O–H groups in total. The summed E-state index contributed by atoms with van der Waals surface area (Å²) in [5, 5.41) is 8.09. The third-order valence-corrected chi connectivity index (χ3v) is 4.62. The van der Waals surface area contributed by atoms with Crippen LogP contribution in [0, 0.1) is 6.92 Å². The van der Waals surface area contributed by atoms with E-state index < -0.39 is 0 Å². The van der Waals surface area contributed by atoms with Gasteiger partial charge in [-0.15, -0.1) is 11.3 Å². The highest BCUT2D eigenvalue weighted by molar-refractivity contribution is 7.11. The monoisotopic (exact) mass is 273 g/mol. The van der Waals surface area contributed by atoms with E-state index in [-0.39, 0.29) is 0 Å². The number of fused-ring (bicyclic) bond motifs is 1. The van der Waals surface area contributed by atoms with E-state index in [1.54, 1.807) is 11.3 Å². The highest BCUT2D eigenvalue weighted by atomic mass is 32.1. The summed E-state index contributed by atoms with van der Waals surface area (Å²) >= 11 is 1.77. The average Bonchev–Trinajstić information content (AvgIpc) is 3.03. The number of nitrogens with zero attached hydrogens (tertiary/aromatic N) is 1. The molecule has 2 aromatic rings. The number of aromatic nitrogens is 1. The molecule has 19 heavy (non-hydrogen) atoms. The molecule has 2 heterocycles. The molecule has 100 valence electrons. The smallest absolute Gasteiger partial charge is 0.109 e. The summed E-state index contributed by atoms with van der Waals surface area (Å²) in [6.45, 7) is 7.18. The third kappa shape index (κ3) is 2.86. The fourth-order valence-electron chi connectivity index (χ4n) is 2.39. The minimum Gasteiger partial charge on any atom is -0.309 e. The van der Waals surface area contributed by atoms with Gasteiger partial charge in [0.1, 0.15) is 5.01 Å². The van der Waals surface area contributed by atoms with E-state index in [2.05, 4.69) is 47.7 Å². The molecule has 0 saturated carbocycles. The number of rotatable bonds is 4. The third-order valence-electron chi connectivity index (χ3n) is 3.52. The molecule has 0 bridgehead atoms. The zero-order valence-corrected chi connectivity index (χ0v) is 12.2. The van der Waals surface area contributed by atoms with E-state index in [4.69, 9.17) is 0 Å². The molecule has 0 fully saturated rings. The SMILES string of the molecule is Cc1cnc(C(C)NCc2ccc3c(c2)CNC3)s1. The quantitative estimate of drug-likeness (QED) is 0.899. The van der Waals surface area contributed by atoms with Gasteiger partial charge >= 0.3 is 0 Å². The first-order valence-electron chi connectivity index (χ1n) is 6.69. The Morgan fingerprint density at radius 2 is 2.21 bits per heavy atom. The Hall–Kier alpha value is -1.23. The summed E-state index contributed by atoms with van der Waals surface area (Å²) in [4.78, 5) is 5.70. The average molecular weight is 273 g/mol. The Labute approximate surface area is 118 Å². The van der Waals surface area contributed by atoms with Crippen molar-refractivity contribution in [2.45, 2.75) is 39.5 Å². The number of hydrogen-bond acceptors (Lipinski definition) is 4. The van der Waals surface area contributed by atoms with Crippen molar-refractivity contribution in [3.8, 4) is 0 Å². The first-order chi connectivity index (χ1) is 9.22. The van der Waals surface area contributed by atoms with Gasteiger partial charge in [-0.05, 0) is 30.5 Å². The molecular formula is C15H19N3S. The summed E-state index contributed by atoms with van der Waals surface area (Å²) in [5.41, 5.74) is 4.23. The van der Waals surface area contributed by atoms with Crippen LogP contribution in [0.3, 0.4) is 0 Å². The minimum absolute atomic E-state index is 0.310. The molecule has 3 rings (SSSR count). The molecule has 0 aliphatic carbocycles. The predicted octanol–water partition coefficient (Wildman–Crippen LogP) is 2.91. The van der Waals surface area contributed by atoms with Gasteiger partial charge in [0.15, 0.2) is 0 Å². The van der Waals surface area contributed by atoms with E-state index >= 15 is 0 Å². The van der Waals surface area contributed by atoms with Crippen LogP contribution < -0.4 is 10.6 Å². The largest absolute Gasteiger partial charge is 0.309 e. The maximum atomic E-state index is 4.43. The lowest BCUT2D eigenvalue weighted by Gasteiger charge is -2.12. The molecule has 1 unspecified atom stereocenters. The second-order valence-corrected chi connectivity index (χ2v) is 6.38. The number of nitrogens with one attached hydrogen (secondary N) is 2. The fraction of sp³-hybridized carbons (Fsp3) is 0.400. The van der Waals surface area contributed by atoms with Crippen LogP contribution in [0.2, 0.25) is 0 Å². The highest BCUT2D eigenvalue weighted by Gasteiger charge is 2.12. The van der Waals surface area contributed by atoms with E-state index in [9.17, 15) is 0 Å². The van der Waals surface area contributed by atoms with Gasteiger partial charge in [0.05, 0.1) is 6.04 Å². The predicted molar refractivity (Wildman–Crippen MR) is 79.1 cm³/mol. The van der Waals surface area contributed by atoms with Crippen LogP contribution in [-0.4, -0.2) is 4.98 Å². The number of benzene rings is 1. The minimum atomic E-state index is 0.310. The maximum Gasteiger partial charge on any atom is 0.109 e. The van der Waals surface area contributed by atoms with Gasteiger partial charge in [-0.3, -0.25) is 0 Å². The Morgan fingerprint density at radius 3 is 3.00 bits per heavy atom. The lowest BCUT2D eigenvalue weighted by atomic mass is 10.1. The Bertz CT molecular complexity index is 577. The van der Waals surface area contributed by atoms with E-state index in [1.807, 2.05) is 6.20 Å². The molecule has 1 aliphatic heterocycles. The van der Waals surface area contributed by atoms with Crippen molar-refractivity contribution < 1.29 is 0 Å². The van der Waals surface area contributed by atoms with Gasteiger partial charge in [0, 0.05) is 30.7 Å². The summed E-state index contributed by atoms with van der Waals surface area (Å²) < 4.78 is 0. The second kappa shape index (κ2) is 5.41. The van der Waals surface area contributed by atoms with Gasteiger partial charge in [0.25, 0.3) is 0 Å². The summed E-state index contributed by atoms with van der Waals surface area (Å²) in [6, 6.07) is 7.08. The highest BCUT2D eigenvalue weighted by Crippen LogP contribution is 2.20. The Balaban J connectivity index is 1.63. The van der Waals surface area contributed by atoms with Gasteiger partial charge < -0.3 is 10.6 Å². The summed E-state index contributed by atoms with van der Waals surface area (Å²) in [5.74, 6) is 0. The van der Waals surface area contributed by atoms with Crippen molar-refractivity contribution in [1.82, 2.24) is 15.6 Å². The maximum absolute atomic E-state index is 4.43. The van der Waals surface area contributed by atoms with Gasteiger partial charge in [0.2, 0.25) is 0 Å². The van der Waals surface area contributed by atoms with Gasteiger partial charge in [-0.1, -0.05) is 18.2 Å². The van der Waals surface area contributed by atoms with Gasteiger partial charge in [-0.25, -0.2) is 4.98 Å². The van der Waals surface area contributed by atoms with Crippen LogP contribution in [0.15, 0.2) is 24.4 Å². The van der Waals surface area contributed by atoms with Crippen molar-refractivity contribution in [2.24, 2.45) is 0 Å². The topological polar surface area (TPSA) is 37.0 Å². The van der Waals surface area contributed by atoms with E-state index in [0.29, 0.717) is 6.04 Å². The van der Waals surface area contributed by atoms with Gasteiger partial charge in [-0.2, -0.15) is 0 Å². The number of thiazole rings is 1. The molecule has 0 radical (unpaired) electrons. The normalized spacial score (nSPS) is 15.5. The van der Waals surface area contributed by atoms with Crippen molar-refractivity contribution in [3.05, 3.63) is 51.0 Å². The van der Waals surface area contributed by atoms with Crippen LogP contribution in [0.1, 0.15) is 39.5 Å². The molecule has 1 atom stereocenters. The van der Waals surface area contributed by atoms with Crippen LogP contribution in [0.25, 0.3) is 0 Å². The molecule has 3 nitrogen and oxygen atoms in total. The lowest BCUT2D eigenvalue weighted by Crippen LogP contribution is -2.18. The Kier molecular flexibility index (Phi) is 3.64. The number of hydrogen-bond donors (Lipinski definition) is 2. The standard InChI is InChI=1S/C15H19N3S/c1-10-6-18-15(19-10)11(2)17-7-12-3-4-13-8-16-9-14(13)5-12/h3-6,11,16-17H,7-9H2,1-2H3. The van der Waals surface area contributed by atoms with Crippen LogP contribution in [-0.2, 0) is 19.6 Å². The van der Waals surface area contributed by atoms with Crippen molar-refractivity contribution in [1.29, 1.82) is 0 Å². The first kappa shape index (κ1) is 12.8. The zero-order valence-electron chi connectivity index (χ0n) is 11.4. The molecule has 4 heteroatoms. The Morgan fingerprint density at radius 1 is 1.37 bits per heavy atom. The second-order valence-electron chi connectivity index (χ2n) is 5.12.